The summed E-state index contributed by atoms with van der Waals surface area (Å²) in [5.41, 5.74) is 11.9. The van der Waals surface area contributed by atoms with Crippen molar-refractivity contribution in [2.45, 2.75) is 45.3 Å². The lowest BCUT2D eigenvalue weighted by atomic mass is 9.89. The molecule has 96 valence electrons. The van der Waals surface area contributed by atoms with Gasteiger partial charge in [-0.05, 0) is 39.8 Å². The fourth-order valence-electron chi connectivity index (χ4n) is 1.56. The predicted octanol–water partition coefficient (Wildman–Crippen LogP) is 1.36. The van der Waals surface area contributed by atoms with Gasteiger partial charge in [-0.1, -0.05) is 0 Å². The molecule has 0 aromatic carbocycles. The third-order valence-electron chi connectivity index (χ3n) is 2.29. The van der Waals surface area contributed by atoms with E-state index in [-0.39, 0.29) is 0 Å². The lowest BCUT2D eigenvalue weighted by Crippen LogP contribution is -2.48. The highest BCUT2D eigenvalue weighted by Crippen LogP contribution is 2.23. The van der Waals surface area contributed by atoms with E-state index in [4.69, 9.17) is 16.2 Å². The molecule has 1 aliphatic carbocycles. The van der Waals surface area contributed by atoms with Gasteiger partial charge in [-0.15, -0.1) is 0 Å². The molecule has 5 N–H and O–H groups in total. The summed E-state index contributed by atoms with van der Waals surface area (Å²) in [6.07, 6.45) is 3.45. The van der Waals surface area contributed by atoms with Gasteiger partial charge in [0.15, 0.2) is 0 Å². The summed E-state index contributed by atoms with van der Waals surface area (Å²) in [4.78, 5) is 11.6. The number of hydrogen-bond acceptors (Lipinski definition) is 4. The van der Waals surface area contributed by atoms with E-state index in [0.29, 0.717) is 17.8 Å². The Labute approximate surface area is 102 Å². The van der Waals surface area contributed by atoms with E-state index >= 15 is 0 Å². The minimum Gasteiger partial charge on any atom is -0.444 e. The highest BCUT2D eigenvalue weighted by Gasteiger charge is 2.29. The molecule has 0 radical (unpaired) electrons. The zero-order chi connectivity index (χ0) is 13.3. The van der Waals surface area contributed by atoms with E-state index in [1.807, 2.05) is 6.92 Å². The van der Waals surface area contributed by atoms with Crippen LogP contribution in [0.1, 0.15) is 34.1 Å². The Bertz CT molecular complexity index is 376. The molecule has 1 amide bonds. The normalized spacial score (nSPS) is 24.8. The Morgan fingerprint density at radius 1 is 1.47 bits per heavy atom. The molecule has 0 saturated carbocycles. The fourth-order valence-corrected chi connectivity index (χ4v) is 1.56. The van der Waals surface area contributed by atoms with E-state index < -0.39 is 17.2 Å². The third-order valence-corrected chi connectivity index (χ3v) is 2.29. The molecule has 5 nitrogen and oxygen atoms in total. The van der Waals surface area contributed by atoms with Crippen LogP contribution in [0.5, 0.6) is 0 Å². The lowest BCUT2D eigenvalue weighted by Gasteiger charge is -2.31. The van der Waals surface area contributed by atoms with E-state index in [1.165, 1.54) is 0 Å². The first kappa shape index (κ1) is 13.6. The number of hydrogen-bond donors (Lipinski definition) is 3. The third kappa shape index (κ3) is 4.11. The van der Waals surface area contributed by atoms with Gasteiger partial charge in [-0.3, -0.25) is 5.32 Å². The first-order chi connectivity index (χ1) is 7.60. The number of carbonyl (C=O) groups excluding carboxylic acids is 1. The van der Waals surface area contributed by atoms with Crippen molar-refractivity contribution in [2.75, 3.05) is 0 Å². The topological polar surface area (TPSA) is 90.4 Å². The second kappa shape index (κ2) is 4.41. The number of nitrogens with one attached hydrogen (secondary N) is 1. The number of carbonyl (C=O) groups is 1. The number of amides is 1. The molecule has 0 heterocycles. The number of allylic oxidation sites excluding steroid dienone is 2. The first-order valence-electron chi connectivity index (χ1n) is 5.56. The summed E-state index contributed by atoms with van der Waals surface area (Å²) >= 11 is 0. The van der Waals surface area contributed by atoms with E-state index in [2.05, 4.69) is 5.32 Å². The van der Waals surface area contributed by atoms with Crippen LogP contribution in [-0.2, 0) is 4.74 Å². The molecule has 1 aliphatic rings. The van der Waals surface area contributed by atoms with Gasteiger partial charge in [-0.2, -0.15) is 0 Å². The van der Waals surface area contributed by atoms with Crippen molar-refractivity contribution in [3.05, 3.63) is 23.5 Å². The molecule has 0 saturated heterocycles. The Morgan fingerprint density at radius 3 is 2.53 bits per heavy atom. The SMILES string of the molecule is CC(C)(C)OC(=O)NC1=CC=C(N)CC1(C)N. The summed E-state index contributed by atoms with van der Waals surface area (Å²) in [5.74, 6) is 0. The average Bonchev–Trinajstić information content (AvgIpc) is 2.05. The van der Waals surface area contributed by atoms with Crippen molar-refractivity contribution in [1.29, 1.82) is 0 Å². The first-order valence-corrected chi connectivity index (χ1v) is 5.56. The molecule has 0 aliphatic heterocycles. The number of nitrogens with two attached hydrogens (primary N) is 2. The Kier molecular flexibility index (Phi) is 3.52. The summed E-state index contributed by atoms with van der Waals surface area (Å²) in [6.45, 7) is 7.24. The second-order valence-electron chi connectivity index (χ2n) is 5.54. The molecule has 0 bridgehead atoms. The van der Waals surface area contributed by atoms with Crippen LogP contribution in [0.25, 0.3) is 0 Å². The smallest absolute Gasteiger partial charge is 0.411 e. The summed E-state index contributed by atoms with van der Waals surface area (Å²) < 4.78 is 5.16. The van der Waals surface area contributed by atoms with Crippen LogP contribution < -0.4 is 16.8 Å². The molecule has 1 unspecified atom stereocenters. The Hall–Kier alpha value is -1.49. The summed E-state index contributed by atoms with van der Waals surface area (Å²) in [6, 6.07) is 0. The van der Waals surface area contributed by atoms with Crippen molar-refractivity contribution in [3.63, 3.8) is 0 Å². The zero-order valence-electron chi connectivity index (χ0n) is 10.8. The molecule has 0 aromatic rings. The molecule has 1 atom stereocenters. The van der Waals surface area contributed by atoms with Gasteiger partial charge in [0.05, 0.1) is 5.54 Å². The van der Waals surface area contributed by atoms with Gasteiger partial charge < -0.3 is 16.2 Å². The van der Waals surface area contributed by atoms with E-state index in [9.17, 15) is 4.79 Å². The van der Waals surface area contributed by atoms with E-state index in [1.54, 1.807) is 32.9 Å². The molecule has 0 spiro atoms. The molecule has 0 aromatic heterocycles. The van der Waals surface area contributed by atoms with Crippen molar-refractivity contribution in [1.82, 2.24) is 5.32 Å². The van der Waals surface area contributed by atoms with Gasteiger partial charge in [0, 0.05) is 17.8 Å². The van der Waals surface area contributed by atoms with Crippen LogP contribution in [-0.4, -0.2) is 17.2 Å². The van der Waals surface area contributed by atoms with Gasteiger partial charge >= 0.3 is 6.09 Å². The van der Waals surface area contributed by atoms with Crippen LogP contribution in [0.2, 0.25) is 0 Å². The average molecular weight is 239 g/mol. The zero-order valence-corrected chi connectivity index (χ0v) is 10.8. The van der Waals surface area contributed by atoms with Gasteiger partial charge in [0.1, 0.15) is 5.60 Å². The lowest BCUT2D eigenvalue weighted by molar-refractivity contribution is 0.0538. The molecular formula is C12H21N3O2. The minimum atomic E-state index is -0.671. The maximum absolute atomic E-state index is 11.6. The van der Waals surface area contributed by atoms with Crippen molar-refractivity contribution >= 4 is 6.09 Å². The molecule has 1 rings (SSSR count). The monoisotopic (exact) mass is 239 g/mol. The summed E-state index contributed by atoms with van der Waals surface area (Å²) in [5, 5.41) is 2.66. The van der Waals surface area contributed by atoms with E-state index in [0.717, 1.165) is 0 Å². The van der Waals surface area contributed by atoms with Crippen LogP contribution in [0.15, 0.2) is 23.5 Å². The van der Waals surface area contributed by atoms with Crippen LogP contribution in [0.4, 0.5) is 4.79 Å². The molecule has 17 heavy (non-hydrogen) atoms. The maximum atomic E-state index is 11.6. The largest absolute Gasteiger partial charge is 0.444 e. The number of alkyl carbamates (subject to hydrolysis) is 1. The van der Waals surface area contributed by atoms with Gasteiger partial charge in [0.2, 0.25) is 0 Å². The van der Waals surface area contributed by atoms with Gasteiger partial charge in [-0.25, -0.2) is 4.79 Å². The van der Waals surface area contributed by atoms with Crippen LogP contribution in [0, 0.1) is 0 Å². The molecule has 5 heteroatoms. The summed E-state index contributed by atoms with van der Waals surface area (Å²) in [7, 11) is 0. The molecule has 0 fully saturated rings. The van der Waals surface area contributed by atoms with Crippen molar-refractivity contribution < 1.29 is 9.53 Å². The number of rotatable bonds is 1. The predicted molar refractivity (Wildman–Crippen MR) is 66.9 cm³/mol. The van der Waals surface area contributed by atoms with Crippen LogP contribution in [0.3, 0.4) is 0 Å². The van der Waals surface area contributed by atoms with Crippen molar-refractivity contribution in [2.24, 2.45) is 11.5 Å². The molecular weight excluding hydrogens is 218 g/mol. The minimum absolute atomic E-state index is 0.505. The fraction of sp³-hybridized carbons (Fsp3) is 0.583. The standard InChI is InChI=1S/C12H21N3O2/c1-11(2,3)17-10(16)15-9-6-5-8(13)7-12(9,4)14/h5-6H,7,13-14H2,1-4H3,(H,15,16). The number of ether oxygens (including phenoxy) is 1. The van der Waals surface area contributed by atoms with Crippen molar-refractivity contribution in [3.8, 4) is 0 Å². The maximum Gasteiger partial charge on any atom is 0.411 e. The second-order valence-corrected chi connectivity index (χ2v) is 5.54. The highest BCUT2D eigenvalue weighted by molar-refractivity contribution is 5.71. The van der Waals surface area contributed by atoms with Gasteiger partial charge in [0.25, 0.3) is 0 Å². The van der Waals surface area contributed by atoms with Crippen LogP contribution >= 0.6 is 0 Å². The Morgan fingerprint density at radius 2 is 2.06 bits per heavy atom. The quantitative estimate of drug-likeness (QED) is 0.644. The highest BCUT2D eigenvalue weighted by atomic mass is 16.6. The Balaban J connectivity index is 2.71.